The maximum atomic E-state index is 13.5. The minimum Gasteiger partial charge on any atom is -0.496 e. The van der Waals surface area contributed by atoms with Crippen LogP contribution in [0.1, 0.15) is 10.6 Å². The number of ether oxygens (including phenoxy) is 1. The Labute approximate surface area is 149 Å². The first-order valence-electron chi connectivity index (χ1n) is 7.70. The third kappa shape index (κ3) is 4.22. The second kappa shape index (κ2) is 7.44. The standard InChI is InChI=1S/C19H17FN2O2S/c1-12-4-3-5-14(8-12)21-18(23)10-19-22-16(11-25-19)15-9-13(20)6-7-17(15)24-2/h3-9,11H,10H2,1-2H3,(H,21,23). The zero-order valence-electron chi connectivity index (χ0n) is 13.9. The first kappa shape index (κ1) is 17.1. The Hall–Kier alpha value is -2.73. The molecule has 1 N–H and O–H groups in total. The van der Waals surface area contributed by atoms with E-state index in [4.69, 9.17) is 4.74 Å². The van der Waals surface area contributed by atoms with Crippen molar-refractivity contribution in [2.45, 2.75) is 13.3 Å². The Morgan fingerprint density at radius 3 is 2.88 bits per heavy atom. The van der Waals surface area contributed by atoms with Crippen LogP contribution in [0.5, 0.6) is 5.75 Å². The van der Waals surface area contributed by atoms with Crippen molar-refractivity contribution in [1.82, 2.24) is 4.98 Å². The number of aromatic nitrogens is 1. The number of hydrogen-bond acceptors (Lipinski definition) is 4. The lowest BCUT2D eigenvalue weighted by atomic mass is 10.1. The minimum absolute atomic E-state index is 0.141. The average molecular weight is 356 g/mol. The molecule has 25 heavy (non-hydrogen) atoms. The zero-order valence-corrected chi connectivity index (χ0v) is 14.7. The van der Waals surface area contributed by atoms with Crippen LogP contribution in [-0.4, -0.2) is 18.0 Å². The number of thiazole rings is 1. The van der Waals surface area contributed by atoms with Crippen LogP contribution in [0.25, 0.3) is 11.3 Å². The fourth-order valence-electron chi connectivity index (χ4n) is 2.46. The average Bonchev–Trinajstić information content (AvgIpc) is 3.03. The van der Waals surface area contributed by atoms with Crippen molar-refractivity contribution >= 4 is 22.9 Å². The highest BCUT2D eigenvalue weighted by Gasteiger charge is 2.13. The summed E-state index contributed by atoms with van der Waals surface area (Å²) in [6.45, 7) is 1.97. The molecule has 0 saturated carbocycles. The summed E-state index contributed by atoms with van der Waals surface area (Å²) in [6, 6.07) is 11.9. The molecule has 0 bridgehead atoms. The third-order valence-electron chi connectivity index (χ3n) is 3.60. The number of carbonyl (C=O) groups excluding carboxylic acids is 1. The highest BCUT2D eigenvalue weighted by molar-refractivity contribution is 7.10. The van der Waals surface area contributed by atoms with Crippen molar-refractivity contribution in [2.75, 3.05) is 12.4 Å². The van der Waals surface area contributed by atoms with E-state index in [9.17, 15) is 9.18 Å². The van der Waals surface area contributed by atoms with E-state index in [0.717, 1.165) is 11.3 Å². The van der Waals surface area contributed by atoms with Gasteiger partial charge >= 0.3 is 0 Å². The van der Waals surface area contributed by atoms with E-state index in [1.54, 1.807) is 11.4 Å². The van der Waals surface area contributed by atoms with Gasteiger partial charge in [0, 0.05) is 16.6 Å². The van der Waals surface area contributed by atoms with Gasteiger partial charge in [-0.1, -0.05) is 12.1 Å². The number of rotatable bonds is 5. The molecular formula is C19H17FN2O2S. The minimum atomic E-state index is -0.359. The van der Waals surface area contributed by atoms with Crippen LogP contribution >= 0.6 is 11.3 Å². The lowest BCUT2D eigenvalue weighted by Gasteiger charge is -2.06. The molecule has 3 rings (SSSR count). The van der Waals surface area contributed by atoms with E-state index in [0.29, 0.717) is 22.0 Å². The fourth-order valence-corrected chi connectivity index (χ4v) is 3.25. The van der Waals surface area contributed by atoms with Crippen LogP contribution in [0.4, 0.5) is 10.1 Å². The Kier molecular flexibility index (Phi) is 5.09. The summed E-state index contributed by atoms with van der Waals surface area (Å²) in [6.07, 6.45) is 0.163. The number of aryl methyl sites for hydroxylation is 1. The van der Waals surface area contributed by atoms with Crippen LogP contribution < -0.4 is 10.1 Å². The molecule has 128 valence electrons. The van der Waals surface area contributed by atoms with Crippen LogP contribution in [0.3, 0.4) is 0 Å². The molecule has 1 aromatic heterocycles. The highest BCUT2D eigenvalue weighted by atomic mass is 32.1. The molecule has 0 aliphatic rings. The second-order valence-corrected chi connectivity index (χ2v) is 6.51. The third-order valence-corrected chi connectivity index (χ3v) is 4.45. The molecule has 0 saturated heterocycles. The quantitative estimate of drug-likeness (QED) is 0.735. The molecule has 6 heteroatoms. The Morgan fingerprint density at radius 2 is 2.12 bits per heavy atom. The van der Waals surface area contributed by atoms with Gasteiger partial charge in [0.05, 0.1) is 19.2 Å². The predicted octanol–water partition coefficient (Wildman–Crippen LogP) is 4.45. The zero-order chi connectivity index (χ0) is 17.8. The topological polar surface area (TPSA) is 51.2 Å². The lowest BCUT2D eigenvalue weighted by Crippen LogP contribution is -2.14. The van der Waals surface area contributed by atoms with Crippen molar-refractivity contribution < 1.29 is 13.9 Å². The number of hydrogen-bond donors (Lipinski definition) is 1. The Morgan fingerprint density at radius 1 is 1.28 bits per heavy atom. The van der Waals surface area contributed by atoms with Crippen molar-refractivity contribution in [3.05, 3.63) is 64.2 Å². The van der Waals surface area contributed by atoms with Crippen molar-refractivity contribution in [1.29, 1.82) is 0 Å². The maximum absolute atomic E-state index is 13.5. The van der Waals surface area contributed by atoms with Crippen LogP contribution in [0.15, 0.2) is 47.8 Å². The highest BCUT2D eigenvalue weighted by Crippen LogP contribution is 2.31. The first-order chi connectivity index (χ1) is 12.0. The van der Waals surface area contributed by atoms with Gasteiger partial charge in [-0.15, -0.1) is 11.3 Å². The summed E-state index contributed by atoms with van der Waals surface area (Å²) in [5.74, 6) is 0.0442. The molecule has 0 radical (unpaired) electrons. The SMILES string of the molecule is COc1ccc(F)cc1-c1csc(CC(=O)Nc2cccc(C)c2)n1. The molecule has 1 amide bonds. The smallest absolute Gasteiger partial charge is 0.231 e. The molecule has 4 nitrogen and oxygen atoms in total. The summed E-state index contributed by atoms with van der Waals surface area (Å²) in [5.41, 5.74) is 3.00. The summed E-state index contributed by atoms with van der Waals surface area (Å²) in [4.78, 5) is 16.6. The number of carbonyl (C=O) groups is 1. The Balaban J connectivity index is 1.74. The van der Waals surface area contributed by atoms with E-state index >= 15 is 0 Å². The molecule has 0 aliphatic carbocycles. The van der Waals surface area contributed by atoms with Gasteiger partial charge in [0.2, 0.25) is 5.91 Å². The number of anilines is 1. The van der Waals surface area contributed by atoms with Crippen molar-refractivity contribution in [3.63, 3.8) is 0 Å². The number of nitrogens with zero attached hydrogens (tertiary/aromatic N) is 1. The molecular weight excluding hydrogens is 339 g/mol. The van der Waals surface area contributed by atoms with E-state index in [1.165, 1.54) is 30.6 Å². The molecule has 0 spiro atoms. The van der Waals surface area contributed by atoms with Gasteiger partial charge in [-0.3, -0.25) is 4.79 Å². The van der Waals surface area contributed by atoms with Crippen LogP contribution in [-0.2, 0) is 11.2 Å². The summed E-state index contributed by atoms with van der Waals surface area (Å²) in [7, 11) is 1.53. The van der Waals surface area contributed by atoms with E-state index in [2.05, 4.69) is 10.3 Å². The lowest BCUT2D eigenvalue weighted by molar-refractivity contribution is -0.115. The van der Waals surface area contributed by atoms with Crippen LogP contribution in [0, 0.1) is 12.7 Å². The normalized spacial score (nSPS) is 10.5. The maximum Gasteiger partial charge on any atom is 0.231 e. The number of amides is 1. The van der Waals surface area contributed by atoms with Gasteiger partial charge in [0.25, 0.3) is 0 Å². The van der Waals surface area contributed by atoms with Gasteiger partial charge in [-0.2, -0.15) is 0 Å². The van der Waals surface area contributed by atoms with Gasteiger partial charge in [-0.25, -0.2) is 9.37 Å². The van der Waals surface area contributed by atoms with Gasteiger partial charge < -0.3 is 10.1 Å². The fraction of sp³-hybridized carbons (Fsp3) is 0.158. The molecule has 0 unspecified atom stereocenters. The van der Waals surface area contributed by atoms with E-state index in [1.807, 2.05) is 31.2 Å². The van der Waals surface area contributed by atoms with Gasteiger partial charge in [0.1, 0.15) is 16.6 Å². The summed E-state index contributed by atoms with van der Waals surface area (Å²) in [5, 5.41) is 5.31. The largest absolute Gasteiger partial charge is 0.496 e. The molecule has 2 aromatic carbocycles. The van der Waals surface area contributed by atoms with E-state index < -0.39 is 0 Å². The van der Waals surface area contributed by atoms with Gasteiger partial charge in [0.15, 0.2) is 0 Å². The molecule has 0 atom stereocenters. The summed E-state index contributed by atoms with van der Waals surface area (Å²) >= 11 is 1.36. The number of nitrogens with one attached hydrogen (secondary N) is 1. The van der Waals surface area contributed by atoms with Gasteiger partial charge in [-0.05, 0) is 42.8 Å². The van der Waals surface area contributed by atoms with Crippen molar-refractivity contribution in [2.24, 2.45) is 0 Å². The number of halogens is 1. The van der Waals surface area contributed by atoms with E-state index in [-0.39, 0.29) is 18.1 Å². The second-order valence-electron chi connectivity index (χ2n) is 5.57. The Bertz CT molecular complexity index is 908. The van der Waals surface area contributed by atoms with Crippen LogP contribution in [0.2, 0.25) is 0 Å². The molecule has 0 aliphatic heterocycles. The number of methoxy groups -OCH3 is 1. The molecule has 1 heterocycles. The number of benzene rings is 2. The first-order valence-corrected chi connectivity index (χ1v) is 8.58. The molecule has 0 fully saturated rings. The molecule has 3 aromatic rings. The predicted molar refractivity (Wildman–Crippen MR) is 97.6 cm³/mol. The summed E-state index contributed by atoms with van der Waals surface area (Å²) < 4.78 is 18.8. The van der Waals surface area contributed by atoms with Crippen molar-refractivity contribution in [3.8, 4) is 17.0 Å². The monoisotopic (exact) mass is 356 g/mol.